The highest BCUT2D eigenvalue weighted by Crippen LogP contribution is 2.10. The molecule has 1 atom stereocenters. The molecule has 0 aliphatic heterocycles. The highest BCUT2D eigenvalue weighted by atomic mass is 16.2. The van der Waals surface area contributed by atoms with Crippen molar-refractivity contribution in [2.75, 3.05) is 11.9 Å². The lowest BCUT2D eigenvalue weighted by molar-refractivity contribution is -0.116. The summed E-state index contributed by atoms with van der Waals surface area (Å²) in [6.07, 6.45) is 2.07. The summed E-state index contributed by atoms with van der Waals surface area (Å²) < 4.78 is 0. The fraction of sp³-hybridized carbons (Fsp3) is 0.467. The second-order valence-electron chi connectivity index (χ2n) is 4.85. The van der Waals surface area contributed by atoms with Crippen LogP contribution >= 0.6 is 0 Å². The Morgan fingerprint density at radius 1 is 1.25 bits per heavy atom. The first-order valence-corrected chi connectivity index (χ1v) is 6.96. The van der Waals surface area contributed by atoms with Gasteiger partial charge in [-0.05, 0) is 51.0 Å². The van der Waals surface area contributed by atoms with Crippen LogP contribution in [-0.4, -0.2) is 24.4 Å². The van der Waals surface area contributed by atoms with Crippen molar-refractivity contribution < 1.29 is 9.59 Å². The standard InChI is InChI=1S/C15H23N3O2/c1-3-17-15(20)12-7-9-13(10-8-12)18-14(19)6-4-5-11(2)16/h7-11H,3-6,16H2,1-2H3,(H,17,20)(H,18,19). The van der Waals surface area contributed by atoms with Crippen LogP contribution in [-0.2, 0) is 4.79 Å². The van der Waals surface area contributed by atoms with Crippen molar-refractivity contribution in [2.24, 2.45) is 5.73 Å². The Bertz CT molecular complexity index is 441. The molecule has 1 unspecified atom stereocenters. The molecule has 0 aliphatic rings. The van der Waals surface area contributed by atoms with Crippen molar-refractivity contribution in [1.29, 1.82) is 0 Å². The lowest BCUT2D eigenvalue weighted by Gasteiger charge is -2.07. The maximum absolute atomic E-state index is 11.7. The van der Waals surface area contributed by atoms with Crippen LogP contribution in [0.2, 0.25) is 0 Å². The molecular formula is C15H23N3O2. The van der Waals surface area contributed by atoms with Gasteiger partial charge in [0.1, 0.15) is 0 Å². The van der Waals surface area contributed by atoms with E-state index in [0.29, 0.717) is 24.2 Å². The third-order valence-electron chi connectivity index (χ3n) is 2.83. The molecule has 0 aromatic heterocycles. The summed E-state index contributed by atoms with van der Waals surface area (Å²) in [6.45, 7) is 4.39. The van der Waals surface area contributed by atoms with E-state index >= 15 is 0 Å². The molecule has 0 saturated carbocycles. The fourth-order valence-corrected chi connectivity index (χ4v) is 1.78. The van der Waals surface area contributed by atoms with Gasteiger partial charge in [-0.15, -0.1) is 0 Å². The van der Waals surface area contributed by atoms with Crippen LogP contribution in [0.5, 0.6) is 0 Å². The molecule has 1 aromatic rings. The van der Waals surface area contributed by atoms with Crippen LogP contribution in [0.4, 0.5) is 5.69 Å². The lowest BCUT2D eigenvalue weighted by Crippen LogP contribution is -2.22. The topological polar surface area (TPSA) is 84.2 Å². The molecular weight excluding hydrogens is 254 g/mol. The summed E-state index contributed by atoms with van der Waals surface area (Å²) >= 11 is 0. The number of anilines is 1. The molecule has 4 N–H and O–H groups in total. The Morgan fingerprint density at radius 3 is 2.45 bits per heavy atom. The van der Waals surface area contributed by atoms with Crippen molar-refractivity contribution in [3.63, 3.8) is 0 Å². The van der Waals surface area contributed by atoms with Crippen LogP contribution in [0.1, 0.15) is 43.5 Å². The van der Waals surface area contributed by atoms with E-state index < -0.39 is 0 Å². The summed E-state index contributed by atoms with van der Waals surface area (Å²) in [6, 6.07) is 6.98. The molecule has 5 nitrogen and oxygen atoms in total. The Labute approximate surface area is 119 Å². The van der Waals surface area contributed by atoms with Gasteiger partial charge in [0.05, 0.1) is 0 Å². The molecule has 1 aromatic carbocycles. The number of hydrogen-bond acceptors (Lipinski definition) is 3. The van der Waals surface area contributed by atoms with Gasteiger partial charge in [-0.25, -0.2) is 0 Å². The second-order valence-corrected chi connectivity index (χ2v) is 4.85. The van der Waals surface area contributed by atoms with Gasteiger partial charge in [0.25, 0.3) is 5.91 Å². The Kier molecular flexibility index (Phi) is 6.73. The molecule has 0 spiro atoms. The number of nitrogens with two attached hydrogens (primary N) is 1. The van der Waals surface area contributed by atoms with Crippen molar-refractivity contribution in [3.05, 3.63) is 29.8 Å². The maximum Gasteiger partial charge on any atom is 0.251 e. The minimum absolute atomic E-state index is 0.0311. The first kappa shape index (κ1) is 16.2. The van der Waals surface area contributed by atoms with E-state index in [1.807, 2.05) is 13.8 Å². The third kappa shape index (κ3) is 5.84. The van der Waals surface area contributed by atoms with E-state index in [1.54, 1.807) is 24.3 Å². The first-order valence-electron chi connectivity index (χ1n) is 6.96. The fourth-order valence-electron chi connectivity index (χ4n) is 1.78. The number of amides is 2. The molecule has 5 heteroatoms. The van der Waals surface area contributed by atoms with E-state index in [-0.39, 0.29) is 17.9 Å². The van der Waals surface area contributed by atoms with Gasteiger partial charge >= 0.3 is 0 Å². The molecule has 0 bridgehead atoms. The quantitative estimate of drug-likeness (QED) is 0.711. The van der Waals surface area contributed by atoms with Gasteiger partial charge in [0.15, 0.2) is 0 Å². The summed E-state index contributed by atoms with van der Waals surface area (Å²) in [7, 11) is 0. The molecule has 0 saturated heterocycles. The molecule has 1 rings (SSSR count). The van der Waals surface area contributed by atoms with E-state index in [1.165, 1.54) is 0 Å². The lowest BCUT2D eigenvalue weighted by atomic mass is 10.1. The average molecular weight is 277 g/mol. The zero-order valence-electron chi connectivity index (χ0n) is 12.1. The molecule has 2 amide bonds. The minimum atomic E-state index is -0.109. The van der Waals surface area contributed by atoms with E-state index in [4.69, 9.17) is 5.73 Å². The van der Waals surface area contributed by atoms with E-state index in [9.17, 15) is 9.59 Å². The normalized spacial score (nSPS) is 11.8. The highest BCUT2D eigenvalue weighted by molar-refractivity contribution is 5.95. The van der Waals surface area contributed by atoms with Crippen molar-refractivity contribution in [2.45, 2.75) is 39.2 Å². The molecule has 110 valence electrons. The number of rotatable bonds is 7. The van der Waals surface area contributed by atoms with Crippen LogP contribution in [0.3, 0.4) is 0 Å². The van der Waals surface area contributed by atoms with Crippen LogP contribution in [0.15, 0.2) is 24.3 Å². The number of benzene rings is 1. The van der Waals surface area contributed by atoms with Crippen molar-refractivity contribution >= 4 is 17.5 Å². The van der Waals surface area contributed by atoms with Crippen molar-refractivity contribution in [1.82, 2.24) is 5.32 Å². The SMILES string of the molecule is CCNC(=O)c1ccc(NC(=O)CCCC(C)N)cc1. The molecule has 0 aliphatic carbocycles. The predicted octanol–water partition coefficient (Wildman–Crippen LogP) is 1.89. The molecule has 0 fully saturated rings. The number of carbonyl (C=O) groups excluding carboxylic acids is 2. The zero-order valence-corrected chi connectivity index (χ0v) is 12.1. The predicted molar refractivity (Wildman–Crippen MR) is 80.6 cm³/mol. The van der Waals surface area contributed by atoms with E-state index in [2.05, 4.69) is 10.6 Å². The molecule has 0 radical (unpaired) electrons. The monoisotopic (exact) mass is 277 g/mol. The largest absolute Gasteiger partial charge is 0.352 e. The third-order valence-corrected chi connectivity index (χ3v) is 2.83. The Hall–Kier alpha value is -1.88. The number of carbonyl (C=O) groups is 2. The average Bonchev–Trinajstić information content (AvgIpc) is 2.39. The summed E-state index contributed by atoms with van der Waals surface area (Å²) in [5.74, 6) is -0.140. The summed E-state index contributed by atoms with van der Waals surface area (Å²) in [4.78, 5) is 23.3. The van der Waals surface area contributed by atoms with Gasteiger partial charge in [-0.3, -0.25) is 9.59 Å². The molecule has 0 heterocycles. The maximum atomic E-state index is 11.7. The summed E-state index contributed by atoms with van der Waals surface area (Å²) in [5, 5.41) is 5.52. The second kappa shape index (κ2) is 8.32. The smallest absolute Gasteiger partial charge is 0.251 e. The Morgan fingerprint density at radius 2 is 1.90 bits per heavy atom. The van der Waals surface area contributed by atoms with Gasteiger partial charge in [-0.2, -0.15) is 0 Å². The van der Waals surface area contributed by atoms with Gasteiger partial charge in [-0.1, -0.05) is 0 Å². The van der Waals surface area contributed by atoms with Crippen LogP contribution in [0.25, 0.3) is 0 Å². The Balaban J connectivity index is 2.44. The summed E-state index contributed by atoms with van der Waals surface area (Å²) in [5.41, 5.74) is 6.91. The van der Waals surface area contributed by atoms with Gasteiger partial charge in [0, 0.05) is 30.3 Å². The highest BCUT2D eigenvalue weighted by Gasteiger charge is 2.06. The minimum Gasteiger partial charge on any atom is -0.352 e. The van der Waals surface area contributed by atoms with Crippen molar-refractivity contribution in [3.8, 4) is 0 Å². The number of nitrogens with one attached hydrogen (secondary N) is 2. The molecule has 20 heavy (non-hydrogen) atoms. The number of hydrogen-bond donors (Lipinski definition) is 3. The van der Waals surface area contributed by atoms with Crippen LogP contribution < -0.4 is 16.4 Å². The van der Waals surface area contributed by atoms with Crippen LogP contribution in [0, 0.1) is 0 Å². The zero-order chi connectivity index (χ0) is 15.0. The first-order chi connectivity index (χ1) is 9.52. The van der Waals surface area contributed by atoms with Gasteiger partial charge in [0.2, 0.25) is 5.91 Å². The van der Waals surface area contributed by atoms with E-state index in [0.717, 1.165) is 12.8 Å². The van der Waals surface area contributed by atoms with Gasteiger partial charge < -0.3 is 16.4 Å².